The SMILES string of the molecule is COC(=O)c1cnc(NCC(F)(F)CO)cn1. The van der Waals surface area contributed by atoms with Crippen LogP contribution in [-0.4, -0.2) is 47.2 Å². The number of nitrogens with one attached hydrogen (secondary N) is 1. The van der Waals surface area contributed by atoms with Gasteiger partial charge in [-0.3, -0.25) is 0 Å². The van der Waals surface area contributed by atoms with E-state index in [1.165, 1.54) is 7.11 Å². The molecule has 1 aromatic heterocycles. The Morgan fingerprint density at radius 1 is 1.53 bits per heavy atom. The van der Waals surface area contributed by atoms with Crippen LogP contribution in [0, 0.1) is 0 Å². The average molecular weight is 247 g/mol. The van der Waals surface area contributed by atoms with Gasteiger partial charge in [0.2, 0.25) is 0 Å². The van der Waals surface area contributed by atoms with Crippen molar-refractivity contribution in [3.8, 4) is 0 Å². The smallest absolute Gasteiger partial charge is 0.358 e. The predicted octanol–water partition coefficient (Wildman–Crippen LogP) is 0.303. The van der Waals surface area contributed by atoms with Crippen molar-refractivity contribution in [2.75, 3.05) is 25.6 Å². The van der Waals surface area contributed by atoms with Crippen molar-refractivity contribution in [2.45, 2.75) is 5.92 Å². The van der Waals surface area contributed by atoms with E-state index in [4.69, 9.17) is 5.11 Å². The molecule has 0 aliphatic carbocycles. The van der Waals surface area contributed by atoms with E-state index in [-0.39, 0.29) is 11.5 Å². The van der Waals surface area contributed by atoms with Crippen molar-refractivity contribution in [2.24, 2.45) is 0 Å². The van der Waals surface area contributed by atoms with Gasteiger partial charge in [-0.1, -0.05) is 0 Å². The lowest BCUT2D eigenvalue weighted by Crippen LogP contribution is -2.31. The third kappa shape index (κ3) is 3.91. The largest absolute Gasteiger partial charge is 0.464 e. The van der Waals surface area contributed by atoms with Crippen LogP contribution in [0.15, 0.2) is 12.4 Å². The molecule has 0 saturated heterocycles. The van der Waals surface area contributed by atoms with Gasteiger partial charge in [-0.25, -0.2) is 23.5 Å². The van der Waals surface area contributed by atoms with Crippen LogP contribution >= 0.6 is 0 Å². The van der Waals surface area contributed by atoms with Crippen LogP contribution in [0.1, 0.15) is 10.5 Å². The zero-order valence-electron chi connectivity index (χ0n) is 8.98. The van der Waals surface area contributed by atoms with E-state index in [1.54, 1.807) is 0 Å². The second-order valence-corrected chi connectivity index (χ2v) is 3.15. The lowest BCUT2D eigenvalue weighted by Gasteiger charge is -2.13. The summed E-state index contributed by atoms with van der Waals surface area (Å²) in [6.07, 6.45) is 2.23. The predicted molar refractivity (Wildman–Crippen MR) is 53.9 cm³/mol. The maximum Gasteiger partial charge on any atom is 0.358 e. The number of carbonyl (C=O) groups excluding carboxylic acids is 1. The first-order valence-corrected chi connectivity index (χ1v) is 4.61. The Morgan fingerprint density at radius 3 is 2.71 bits per heavy atom. The molecule has 6 nitrogen and oxygen atoms in total. The molecule has 0 bridgehead atoms. The molecule has 2 N–H and O–H groups in total. The summed E-state index contributed by atoms with van der Waals surface area (Å²) in [7, 11) is 1.19. The number of carbonyl (C=O) groups is 1. The van der Waals surface area contributed by atoms with Crippen LogP contribution in [0.25, 0.3) is 0 Å². The van der Waals surface area contributed by atoms with Gasteiger partial charge in [0.1, 0.15) is 12.4 Å². The average Bonchev–Trinajstić information content (AvgIpc) is 2.36. The highest BCUT2D eigenvalue weighted by Gasteiger charge is 2.27. The van der Waals surface area contributed by atoms with Gasteiger partial charge in [0.05, 0.1) is 26.0 Å². The number of anilines is 1. The van der Waals surface area contributed by atoms with E-state index in [2.05, 4.69) is 20.0 Å². The Bertz CT molecular complexity index is 384. The van der Waals surface area contributed by atoms with Crippen molar-refractivity contribution in [1.82, 2.24) is 9.97 Å². The monoisotopic (exact) mass is 247 g/mol. The van der Waals surface area contributed by atoms with E-state index in [0.717, 1.165) is 12.4 Å². The van der Waals surface area contributed by atoms with Crippen molar-refractivity contribution in [1.29, 1.82) is 0 Å². The van der Waals surface area contributed by atoms with Gasteiger partial charge in [0.25, 0.3) is 5.92 Å². The summed E-state index contributed by atoms with van der Waals surface area (Å²) in [5.74, 6) is -3.82. The number of aliphatic hydroxyl groups is 1. The van der Waals surface area contributed by atoms with Crippen molar-refractivity contribution < 1.29 is 23.4 Å². The summed E-state index contributed by atoms with van der Waals surface area (Å²) in [5, 5.41) is 10.6. The normalized spacial score (nSPS) is 11.1. The Balaban J connectivity index is 2.60. The topological polar surface area (TPSA) is 84.3 Å². The maximum atomic E-state index is 12.7. The fourth-order valence-corrected chi connectivity index (χ4v) is 0.905. The van der Waals surface area contributed by atoms with Crippen molar-refractivity contribution >= 4 is 11.8 Å². The van der Waals surface area contributed by atoms with Crippen LogP contribution in [0.3, 0.4) is 0 Å². The number of ether oxygens (including phenoxy) is 1. The molecule has 94 valence electrons. The molecule has 0 spiro atoms. The molecular weight excluding hydrogens is 236 g/mol. The molecule has 1 aromatic rings. The Morgan fingerprint density at radius 2 is 2.24 bits per heavy atom. The van der Waals surface area contributed by atoms with E-state index in [1.807, 2.05) is 0 Å². The minimum absolute atomic E-state index is 0.0213. The number of rotatable bonds is 5. The summed E-state index contributed by atoms with van der Waals surface area (Å²) < 4.78 is 29.7. The molecule has 0 saturated carbocycles. The van der Waals surface area contributed by atoms with Gasteiger partial charge in [0.15, 0.2) is 5.69 Å². The van der Waals surface area contributed by atoms with Gasteiger partial charge < -0.3 is 15.2 Å². The fourth-order valence-electron chi connectivity index (χ4n) is 0.905. The molecule has 0 amide bonds. The summed E-state index contributed by atoms with van der Waals surface area (Å²) in [6, 6.07) is 0. The van der Waals surface area contributed by atoms with E-state index >= 15 is 0 Å². The molecule has 0 fully saturated rings. The Hall–Kier alpha value is -1.83. The third-order valence-electron chi connectivity index (χ3n) is 1.81. The van der Waals surface area contributed by atoms with Gasteiger partial charge >= 0.3 is 5.97 Å². The molecular formula is C9H11F2N3O3. The number of aliphatic hydroxyl groups excluding tert-OH is 1. The number of aromatic nitrogens is 2. The highest BCUT2D eigenvalue weighted by molar-refractivity contribution is 5.86. The number of hydrogen-bond donors (Lipinski definition) is 2. The molecule has 1 heterocycles. The van der Waals surface area contributed by atoms with E-state index in [0.29, 0.717) is 0 Å². The standard InChI is InChI=1S/C9H11F2N3O3/c1-17-8(16)6-2-13-7(3-12-6)14-4-9(10,11)5-15/h2-3,15H,4-5H2,1H3,(H,13,14). The molecule has 1 rings (SSSR count). The molecule has 8 heteroatoms. The fraction of sp³-hybridized carbons (Fsp3) is 0.444. The summed E-state index contributed by atoms with van der Waals surface area (Å²) in [4.78, 5) is 18.4. The number of hydrogen-bond acceptors (Lipinski definition) is 6. The lowest BCUT2D eigenvalue weighted by molar-refractivity contribution is -0.0373. The van der Waals surface area contributed by atoms with Crippen LogP contribution in [-0.2, 0) is 4.74 Å². The highest BCUT2D eigenvalue weighted by atomic mass is 19.3. The summed E-state index contributed by atoms with van der Waals surface area (Å²) in [6.45, 7) is -2.02. The number of alkyl halides is 2. The van der Waals surface area contributed by atoms with Crippen LogP contribution in [0.5, 0.6) is 0 Å². The Kier molecular flexibility index (Phi) is 4.27. The molecule has 0 aromatic carbocycles. The quantitative estimate of drug-likeness (QED) is 0.728. The van der Waals surface area contributed by atoms with E-state index in [9.17, 15) is 13.6 Å². The second-order valence-electron chi connectivity index (χ2n) is 3.15. The first-order chi connectivity index (χ1) is 7.98. The maximum absolute atomic E-state index is 12.7. The summed E-state index contributed by atoms with van der Waals surface area (Å²) in [5.41, 5.74) is -0.0213. The summed E-state index contributed by atoms with van der Waals surface area (Å²) >= 11 is 0. The molecule has 0 aliphatic rings. The number of halogens is 2. The zero-order chi connectivity index (χ0) is 12.9. The van der Waals surface area contributed by atoms with E-state index < -0.39 is 25.0 Å². The van der Waals surface area contributed by atoms with Crippen LogP contribution in [0.2, 0.25) is 0 Å². The first-order valence-electron chi connectivity index (χ1n) is 4.61. The minimum Gasteiger partial charge on any atom is -0.464 e. The first kappa shape index (κ1) is 13.2. The third-order valence-corrected chi connectivity index (χ3v) is 1.81. The second kappa shape index (κ2) is 5.48. The molecule has 17 heavy (non-hydrogen) atoms. The Labute approximate surface area is 95.6 Å². The van der Waals surface area contributed by atoms with Gasteiger partial charge in [-0.15, -0.1) is 0 Å². The van der Waals surface area contributed by atoms with Crippen LogP contribution < -0.4 is 5.32 Å². The van der Waals surface area contributed by atoms with Gasteiger partial charge in [-0.05, 0) is 0 Å². The van der Waals surface area contributed by atoms with Crippen molar-refractivity contribution in [3.63, 3.8) is 0 Å². The van der Waals surface area contributed by atoms with Gasteiger partial charge in [0, 0.05) is 0 Å². The highest BCUT2D eigenvalue weighted by Crippen LogP contribution is 2.12. The molecule has 0 radical (unpaired) electrons. The number of esters is 1. The molecule has 0 atom stereocenters. The lowest BCUT2D eigenvalue weighted by atomic mass is 10.3. The van der Waals surface area contributed by atoms with Gasteiger partial charge in [-0.2, -0.15) is 0 Å². The molecule has 0 aliphatic heterocycles. The van der Waals surface area contributed by atoms with Crippen LogP contribution in [0.4, 0.5) is 14.6 Å². The minimum atomic E-state index is -3.23. The number of methoxy groups -OCH3 is 1. The van der Waals surface area contributed by atoms with Crippen molar-refractivity contribution in [3.05, 3.63) is 18.1 Å². The molecule has 0 unspecified atom stereocenters. The number of nitrogens with zero attached hydrogens (tertiary/aromatic N) is 2. The zero-order valence-corrected chi connectivity index (χ0v) is 8.98.